The fraction of sp³-hybridized carbons (Fsp3) is 0.321. The number of aromatic amines is 1. The summed E-state index contributed by atoms with van der Waals surface area (Å²) in [7, 11) is 0. The van der Waals surface area contributed by atoms with Gasteiger partial charge in [0, 0.05) is 36.5 Å². The van der Waals surface area contributed by atoms with Crippen LogP contribution < -0.4 is 33.2 Å². The standard InChI is InChI=1S/C28H36N8O6/c29-14-24(38)34-21(6-3-11-32-28(30)31)25(39)35-22(13-17-15-33-20-5-2-1-4-19(17)20)26(40)36-23(27(41)42)12-16-7-9-18(37)10-8-16/h1-2,4-5,7-10,15,21-23,33,37H,3,6,11-14,29H2,(H,34,38)(H,35,39)(H,36,40)(H,41,42)(H4,30,31,32). The van der Waals surface area contributed by atoms with E-state index in [1.54, 1.807) is 18.3 Å². The number of phenolic OH excluding ortho intramolecular Hbond substituents is 1. The van der Waals surface area contributed by atoms with Crippen molar-refractivity contribution in [2.75, 3.05) is 13.1 Å². The lowest BCUT2D eigenvalue weighted by atomic mass is 10.0. The van der Waals surface area contributed by atoms with Crippen LogP contribution in [0.4, 0.5) is 0 Å². The second kappa shape index (κ2) is 15.0. The van der Waals surface area contributed by atoms with Crippen molar-refractivity contribution in [3.8, 4) is 5.75 Å². The highest BCUT2D eigenvalue weighted by Crippen LogP contribution is 2.20. The minimum atomic E-state index is -1.32. The quantitative estimate of drug-likeness (QED) is 0.0619. The molecule has 14 heteroatoms. The average molecular weight is 581 g/mol. The number of carboxylic acids is 1. The van der Waals surface area contributed by atoms with Crippen molar-refractivity contribution >= 4 is 40.6 Å². The van der Waals surface area contributed by atoms with Crippen molar-refractivity contribution in [3.63, 3.8) is 0 Å². The molecule has 224 valence electrons. The Kier molecular flexibility index (Phi) is 11.3. The van der Waals surface area contributed by atoms with Crippen LogP contribution in [0.2, 0.25) is 0 Å². The fourth-order valence-corrected chi connectivity index (χ4v) is 4.37. The van der Waals surface area contributed by atoms with Crippen molar-refractivity contribution in [2.24, 2.45) is 22.2 Å². The van der Waals surface area contributed by atoms with Crippen LogP contribution in [0.1, 0.15) is 24.0 Å². The molecular formula is C28H36N8O6. The van der Waals surface area contributed by atoms with Crippen molar-refractivity contribution in [1.82, 2.24) is 20.9 Å². The number of guanidine groups is 1. The Bertz CT molecular complexity index is 1420. The number of nitrogens with zero attached hydrogens (tertiary/aromatic N) is 1. The highest BCUT2D eigenvalue weighted by molar-refractivity contribution is 5.94. The molecule has 0 aliphatic carbocycles. The number of carboxylic acid groups (broad SMARTS) is 1. The summed E-state index contributed by atoms with van der Waals surface area (Å²) in [6.07, 6.45) is 2.17. The lowest BCUT2D eigenvalue weighted by Crippen LogP contribution is -2.57. The zero-order valence-corrected chi connectivity index (χ0v) is 22.9. The molecule has 14 nitrogen and oxygen atoms in total. The number of carbonyl (C=O) groups is 4. The summed E-state index contributed by atoms with van der Waals surface area (Å²) >= 11 is 0. The van der Waals surface area contributed by atoms with Crippen LogP contribution in [0.25, 0.3) is 10.9 Å². The number of phenols is 1. The van der Waals surface area contributed by atoms with Crippen LogP contribution in [0.3, 0.4) is 0 Å². The molecular weight excluding hydrogens is 544 g/mol. The number of aromatic hydroxyl groups is 1. The van der Waals surface area contributed by atoms with Crippen LogP contribution in [0.5, 0.6) is 5.75 Å². The van der Waals surface area contributed by atoms with Gasteiger partial charge in [0.15, 0.2) is 5.96 Å². The van der Waals surface area contributed by atoms with E-state index in [-0.39, 0.29) is 44.1 Å². The Morgan fingerprint density at radius 1 is 0.881 bits per heavy atom. The van der Waals surface area contributed by atoms with Gasteiger partial charge < -0.3 is 48.3 Å². The van der Waals surface area contributed by atoms with E-state index in [1.165, 1.54) is 12.1 Å². The van der Waals surface area contributed by atoms with Gasteiger partial charge in [-0.3, -0.25) is 19.4 Å². The first kappa shape index (κ1) is 31.4. The van der Waals surface area contributed by atoms with E-state index in [1.807, 2.05) is 24.3 Å². The first-order valence-corrected chi connectivity index (χ1v) is 13.3. The van der Waals surface area contributed by atoms with Gasteiger partial charge in [-0.2, -0.15) is 0 Å². The molecule has 0 fully saturated rings. The van der Waals surface area contributed by atoms with E-state index in [4.69, 9.17) is 17.2 Å². The van der Waals surface area contributed by atoms with E-state index in [9.17, 15) is 29.4 Å². The number of fused-ring (bicyclic) bond motifs is 1. The second-order valence-electron chi connectivity index (χ2n) is 9.67. The van der Waals surface area contributed by atoms with E-state index < -0.39 is 41.8 Å². The number of para-hydroxylation sites is 1. The van der Waals surface area contributed by atoms with Gasteiger partial charge in [0.05, 0.1) is 6.54 Å². The van der Waals surface area contributed by atoms with Crippen LogP contribution >= 0.6 is 0 Å². The lowest BCUT2D eigenvalue weighted by molar-refractivity contribution is -0.142. The molecule has 1 aromatic heterocycles. The topological polar surface area (TPSA) is 251 Å². The van der Waals surface area contributed by atoms with Gasteiger partial charge in [0.2, 0.25) is 17.7 Å². The fourth-order valence-electron chi connectivity index (χ4n) is 4.37. The molecule has 3 rings (SSSR count). The summed E-state index contributed by atoms with van der Waals surface area (Å²) in [5.41, 5.74) is 18.2. The first-order valence-electron chi connectivity index (χ1n) is 13.3. The minimum Gasteiger partial charge on any atom is -0.508 e. The Labute approximate surface area is 241 Å². The minimum absolute atomic E-state index is 0.0192. The number of benzene rings is 2. The summed E-state index contributed by atoms with van der Waals surface area (Å²) in [5.74, 6) is -3.34. The van der Waals surface area contributed by atoms with Gasteiger partial charge >= 0.3 is 5.97 Å². The molecule has 0 radical (unpaired) electrons. The van der Waals surface area contributed by atoms with Gasteiger partial charge in [0.1, 0.15) is 23.9 Å². The summed E-state index contributed by atoms with van der Waals surface area (Å²) < 4.78 is 0. The maximum Gasteiger partial charge on any atom is 0.326 e. The third-order valence-corrected chi connectivity index (χ3v) is 6.51. The Balaban J connectivity index is 1.84. The number of aromatic nitrogens is 1. The number of hydrogen-bond donors (Lipinski definition) is 9. The van der Waals surface area contributed by atoms with Crippen molar-refractivity contribution in [1.29, 1.82) is 0 Å². The number of nitrogens with two attached hydrogens (primary N) is 3. The van der Waals surface area contributed by atoms with Gasteiger partial charge in [-0.05, 0) is 42.2 Å². The number of aliphatic carboxylic acids is 1. The SMILES string of the molecule is NCC(=O)NC(CCCN=C(N)N)C(=O)NC(Cc1c[nH]c2ccccc12)C(=O)NC(Cc1ccc(O)cc1)C(=O)O. The number of amides is 3. The summed E-state index contributed by atoms with van der Waals surface area (Å²) in [5, 5.41) is 27.9. The third-order valence-electron chi connectivity index (χ3n) is 6.51. The largest absolute Gasteiger partial charge is 0.508 e. The lowest BCUT2D eigenvalue weighted by Gasteiger charge is -2.24. The van der Waals surface area contributed by atoms with Crippen molar-refractivity contribution in [3.05, 3.63) is 65.9 Å². The second-order valence-corrected chi connectivity index (χ2v) is 9.67. The van der Waals surface area contributed by atoms with E-state index in [0.29, 0.717) is 17.5 Å². The van der Waals surface area contributed by atoms with E-state index in [0.717, 1.165) is 10.9 Å². The highest BCUT2D eigenvalue weighted by atomic mass is 16.4. The molecule has 3 amide bonds. The van der Waals surface area contributed by atoms with E-state index >= 15 is 0 Å². The molecule has 2 aromatic carbocycles. The Morgan fingerprint density at radius 2 is 1.55 bits per heavy atom. The summed E-state index contributed by atoms with van der Waals surface area (Å²) in [4.78, 5) is 58.0. The summed E-state index contributed by atoms with van der Waals surface area (Å²) in [6.45, 7) is -0.143. The smallest absolute Gasteiger partial charge is 0.326 e. The number of nitrogens with one attached hydrogen (secondary N) is 4. The molecule has 0 bridgehead atoms. The molecule has 0 saturated carbocycles. The molecule has 3 aromatic rings. The predicted octanol–water partition coefficient (Wildman–Crippen LogP) is -0.790. The van der Waals surface area contributed by atoms with Crippen molar-refractivity contribution < 1.29 is 29.4 Å². The number of H-pyrrole nitrogens is 1. The van der Waals surface area contributed by atoms with Crippen molar-refractivity contribution in [2.45, 2.75) is 43.8 Å². The zero-order chi connectivity index (χ0) is 30.6. The van der Waals surface area contributed by atoms with Gasteiger partial charge in [-0.25, -0.2) is 4.79 Å². The maximum absolute atomic E-state index is 13.5. The Morgan fingerprint density at radius 3 is 2.21 bits per heavy atom. The van der Waals surface area contributed by atoms with Crippen LogP contribution in [-0.4, -0.2) is 76.1 Å². The number of carbonyl (C=O) groups excluding carboxylic acids is 3. The van der Waals surface area contributed by atoms with Crippen LogP contribution in [0.15, 0.2) is 59.7 Å². The zero-order valence-electron chi connectivity index (χ0n) is 22.9. The van der Waals surface area contributed by atoms with Gasteiger partial charge in [-0.1, -0.05) is 30.3 Å². The molecule has 0 aliphatic heterocycles. The van der Waals surface area contributed by atoms with Crippen LogP contribution in [-0.2, 0) is 32.0 Å². The van der Waals surface area contributed by atoms with Gasteiger partial charge in [-0.15, -0.1) is 0 Å². The van der Waals surface area contributed by atoms with E-state index in [2.05, 4.69) is 25.9 Å². The molecule has 3 atom stereocenters. The normalized spacial score (nSPS) is 13.0. The number of rotatable bonds is 15. The first-order chi connectivity index (χ1) is 20.1. The molecule has 42 heavy (non-hydrogen) atoms. The monoisotopic (exact) mass is 580 g/mol. The molecule has 0 spiro atoms. The number of hydrogen-bond acceptors (Lipinski definition) is 7. The third kappa shape index (κ3) is 9.23. The molecule has 1 heterocycles. The molecule has 0 saturated heterocycles. The average Bonchev–Trinajstić information content (AvgIpc) is 3.37. The highest BCUT2D eigenvalue weighted by Gasteiger charge is 2.30. The summed E-state index contributed by atoms with van der Waals surface area (Å²) in [6, 6.07) is 9.76. The predicted molar refractivity (Wildman–Crippen MR) is 156 cm³/mol. The molecule has 3 unspecified atom stereocenters. The molecule has 0 aliphatic rings. The Hall–Kier alpha value is -5.11. The maximum atomic E-state index is 13.5. The number of aliphatic imine (C=N–C) groups is 1. The van der Waals surface area contributed by atoms with Crippen LogP contribution in [0, 0.1) is 0 Å². The van der Waals surface area contributed by atoms with Gasteiger partial charge in [0.25, 0.3) is 0 Å². The molecule has 12 N–H and O–H groups in total.